The van der Waals surface area contributed by atoms with Gasteiger partial charge in [0.2, 0.25) is 0 Å². The van der Waals surface area contributed by atoms with Crippen LogP contribution in [0.3, 0.4) is 0 Å². The predicted octanol–water partition coefficient (Wildman–Crippen LogP) is 4.74. The maximum Gasteiger partial charge on any atom is 0.343 e. The number of benzene rings is 1. The van der Waals surface area contributed by atoms with Gasteiger partial charge in [0, 0.05) is 17.9 Å². The van der Waals surface area contributed by atoms with Crippen LogP contribution >= 0.6 is 15.9 Å². The summed E-state index contributed by atoms with van der Waals surface area (Å²) < 4.78 is 70.1. The summed E-state index contributed by atoms with van der Waals surface area (Å²) in [6, 6.07) is 1.32. The molecule has 21 heavy (non-hydrogen) atoms. The molecule has 0 aliphatic heterocycles. The second-order valence-electron chi connectivity index (χ2n) is 5.11. The molecule has 0 heterocycles. The van der Waals surface area contributed by atoms with Crippen LogP contribution in [0.15, 0.2) is 29.3 Å². The largest absolute Gasteiger partial charge is 0.382 e. The fourth-order valence-electron chi connectivity index (χ4n) is 2.74. The summed E-state index contributed by atoms with van der Waals surface area (Å²) in [7, 11) is 0. The highest BCUT2D eigenvalue weighted by Gasteiger charge is 2.74. The number of rotatable bonds is 2. The maximum absolute atomic E-state index is 14.2. The molecule has 0 saturated carbocycles. The van der Waals surface area contributed by atoms with Gasteiger partial charge in [-0.05, 0) is 33.6 Å². The van der Waals surface area contributed by atoms with Crippen LogP contribution in [0, 0.1) is 5.82 Å². The van der Waals surface area contributed by atoms with Crippen molar-refractivity contribution in [1.29, 1.82) is 0 Å². The van der Waals surface area contributed by atoms with Gasteiger partial charge < -0.3 is 5.11 Å². The van der Waals surface area contributed by atoms with Crippen molar-refractivity contribution < 1.29 is 27.1 Å². The van der Waals surface area contributed by atoms with Crippen LogP contribution in [-0.4, -0.2) is 16.6 Å². The first-order chi connectivity index (χ1) is 9.52. The predicted molar refractivity (Wildman–Crippen MR) is 71.1 cm³/mol. The van der Waals surface area contributed by atoms with Crippen LogP contribution < -0.4 is 0 Å². The molecule has 0 amide bonds. The van der Waals surface area contributed by atoms with Gasteiger partial charge in [0.1, 0.15) is 11.4 Å². The van der Waals surface area contributed by atoms with E-state index in [2.05, 4.69) is 22.5 Å². The van der Waals surface area contributed by atoms with Crippen LogP contribution in [0.25, 0.3) is 0 Å². The molecule has 1 aromatic rings. The van der Waals surface area contributed by atoms with E-state index in [1.165, 1.54) is 0 Å². The van der Waals surface area contributed by atoms with E-state index in [9.17, 15) is 27.1 Å². The van der Waals surface area contributed by atoms with E-state index < -0.39 is 41.2 Å². The van der Waals surface area contributed by atoms with E-state index in [-0.39, 0.29) is 10.0 Å². The van der Waals surface area contributed by atoms with Gasteiger partial charge in [0.15, 0.2) is 0 Å². The molecule has 1 unspecified atom stereocenters. The fourth-order valence-corrected chi connectivity index (χ4v) is 3.43. The molecule has 1 aliphatic carbocycles. The molecule has 0 fully saturated rings. The summed E-state index contributed by atoms with van der Waals surface area (Å²) in [6.45, 7) is 4.38. The third-order valence-corrected chi connectivity index (χ3v) is 4.82. The van der Waals surface area contributed by atoms with Crippen LogP contribution in [0.5, 0.6) is 0 Å². The maximum atomic E-state index is 14.2. The first-order valence-corrected chi connectivity index (χ1v) is 6.89. The van der Waals surface area contributed by atoms with E-state index in [0.29, 0.717) is 12.1 Å². The van der Waals surface area contributed by atoms with Gasteiger partial charge in [-0.2, -0.15) is 17.6 Å². The number of fused-ring (bicyclic) bond motifs is 1. The van der Waals surface area contributed by atoms with Crippen LogP contribution in [0.1, 0.15) is 30.4 Å². The topological polar surface area (TPSA) is 20.2 Å². The van der Waals surface area contributed by atoms with Crippen LogP contribution in [0.4, 0.5) is 22.0 Å². The van der Waals surface area contributed by atoms with Gasteiger partial charge in [-0.1, -0.05) is 13.0 Å². The average Bonchev–Trinajstić information content (AvgIpc) is 2.39. The van der Waals surface area contributed by atoms with Crippen molar-refractivity contribution in [3.8, 4) is 0 Å². The quantitative estimate of drug-likeness (QED) is 0.588. The molecule has 2 atom stereocenters. The second-order valence-corrected chi connectivity index (χ2v) is 5.90. The minimum Gasteiger partial charge on any atom is -0.382 e. The standard InChI is InChI=1S/C14H12BrF5O/c1-3-6-12(21)7(2)10-8(4-5-9(16)11(10)15)13(17,18)14(12,19)20/h3-5,7,21H,1,6H2,2H3/t7?,12-/m1/s1. The number of alkyl halides is 4. The molecule has 0 spiro atoms. The Morgan fingerprint density at radius 1 is 1.33 bits per heavy atom. The molecule has 1 aromatic carbocycles. The van der Waals surface area contributed by atoms with E-state index >= 15 is 0 Å². The lowest BCUT2D eigenvalue weighted by Crippen LogP contribution is -2.63. The lowest BCUT2D eigenvalue weighted by atomic mass is 9.67. The third-order valence-electron chi connectivity index (χ3n) is 4.01. The summed E-state index contributed by atoms with van der Waals surface area (Å²) in [5.41, 5.74) is -4.39. The van der Waals surface area contributed by atoms with E-state index in [0.717, 1.165) is 13.0 Å². The fraction of sp³-hybridized carbons (Fsp3) is 0.429. The summed E-state index contributed by atoms with van der Waals surface area (Å²) in [4.78, 5) is 0. The Morgan fingerprint density at radius 3 is 2.43 bits per heavy atom. The Labute approximate surface area is 126 Å². The number of hydrogen-bond donors (Lipinski definition) is 1. The van der Waals surface area contributed by atoms with Crippen molar-refractivity contribution in [3.05, 3.63) is 46.2 Å². The van der Waals surface area contributed by atoms with Crippen LogP contribution in [0.2, 0.25) is 0 Å². The van der Waals surface area contributed by atoms with Crippen molar-refractivity contribution in [2.75, 3.05) is 0 Å². The Bertz CT molecular complexity index is 601. The number of aliphatic hydroxyl groups is 1. The number of halogens is 6. The molecular weight excluding hydrogens is 359 g/mol. The highest BCUT2D eigenvalue weighted by molar-refractivity contribution is 9.10. The summed E-state index contributed by atoms with van der Waals surface area (Å²) in [5, 5.41) is 10.2. The van der Waals surface area contributed by atoms with Gasteiger partial charge in [-0.25, -0.2) is 4.39 Å². The SMILES string of the molecule is C=CC[C@@]1(O)C(C)c2c(ccc(F)c2Br)C(F)(F)C1(F)F. The van der Waals surface area contributed by atoms with E-state index in [1.54, 1.807) is 0 Å². The average molecular weight is 371 g/mol. The first kappa shape index (κ1) is 16.4. The zero-order chi connectivity index (χ0) is 16.2. The summed E-state index contributed by atoms with van der Waals surface area (Å²) in [5.74, 6) is -11.6. The molecule has 0 saturated heterocycles. The van der Waals surface area contributed by atoms with Gasteiger partial charge in [-0.15, -0.1) is 6.58 Å². The van der Waals surface area contributed by atoms with Gasteiger partial charge in [0.25, 0.3) is 0 Å². The van der Waals surface area contributed by atoms with Crippen LogP contribution in [-0.2, 0) is 5.92 Å². The zero-order valence-electron chi connectivity index (χ0n) is 10.9. The van der Waals surface area contributed by atoms with Gasteiger partial charge in [0.05, 0.1) is 4.47 Å². The number of hydrogen-bond acceptors (Lipinski definition) is 1. The molecule has 1 aliphatic rings. The second kappa shape index (κ2) is 4.78. The van der Waals surface area contributed by atoms with E-state index in [4.69, 9.17) is 0 Å². The Hall–Kier alpha value is -0.950. The Kier molecular flexibility index (Phi) is 3.73. The third kappa shape index (κ3) is 1.90. The summed E-state index contributed by atoms with van der Waals surface area (Å²) in [6.07, 6.45) is 0.192. The zero-order valence-corrected chi connectivity index (χ0v) is 12.5. The monoisotopic (exact) mass is 370 g/mol. The van der Waals surface area contributed by atoms with Crippen molar-refractivity contribution in [2.24, 2.45) is 0 Å². The Morgan fingerprint density at radius 2 is 1.90 bits per heavy atom. The minimum atomic E-state index is -4.71. The molecule has 0 aromatic heterocycles. The van der Waals surface area contributed by atoms with Crippen molar-refractivity contribution in [2.45, 2.75) is 36.7 Å². The van der Waals surface area contributed by atoms with Crippen molar-refractivity contribution in [1.82, 2.24) is 0 Å². The lowest BCUT2D eigenvalue weighted by molar-refractivity contribution is -0.311. The smallest absolute Gasteiger partial charge is 0.343 e. The molecule has 7 heteroatoms. The molecular formula is C14H12BrF5O. The normalized spacial score (nSPS) is 29.8. The summed E-state index contributed by atoms with van der Waals surface area (Å²) >= 11 is 2.81. The molecule has 1 N–H and O–H groups in total. The Balaban J connectivity index is 2.85. The minimum absolute atomic E-state index is 0.342. The van der Waals surface area contributed by atoms with Crippen molar-refractivity contribution >= 4 is 15.9 Å². The first-order valence-electron chi connectivity index (χ1n) is 6.09. The lowest BCUT2D eigenvalue weighted by Gasteiger charge is -2.48. The molecule has 116 valence electrons. The van der Waals surface area contributed by atoms with Gasteiger partial charge >= 0.3 is 11.8 Å². The van der Waals surface area contributed by atoms with E-state index in [1.807, 2.05) is 0 Å². The molecule has 0 radical (unpaired) electrons. The molecule has 2 rings (SSSR count). The van der Waals surface area contributed by atoms with Crippen molar-refractivity contribution in [3.63, 3.8) is 0 Å². The van der Waals surface area contributed by atoms with Gasteiger partial charge in [-0.3, -0.25) is 0 Å². The highest BCUT2D eigenvalue weighted by Crippen LogP contribution is 2.61. The molecule has 0 bridgehead atoms. The molecule has 1 nitrogen and oxygen atoms in total. The highest BCUT2D eigenvalue weighted by atomic mass is 79.9.